The highest BCUT2D eigenvalue weighted by Crippen LogP contribution is 2.46. The van der Waals surface area contributed by atoms with Crippen molar-refractivity contribution < 1.29 is 32.5 Å². The summed E-state index contributed by atoms with van der Waals surface area (Å²) >= 11 is 6.41. The van der Waals surface area contributed by atoms with Gasteiger partial charge in [-0.3, -0.25) is 4.79 Å². The Hall–Kier alpha value is -2.67. The third kappa shape index (κ3) is 7.35. The Kier molecular flexibility index (Phi) is 10.5. The molecule has 0 saturated heterocycles. The van der Waals surface area contributed by atoms with E-state index in [0.29, 0.717) is 45.1 Å². The normalized spacial score (nSPS) is 29.9. The molecule has 12 heteroatoms. The molecule has 47 heavy (non-hydrogen) atoms. The molecule has 1 amide bonds. The van der Waals surface area contributed by atoms with Gasteiger partial charge in [0, 0.05) is 48.8 Å². The highest BCUT2D eigenvalue weighted by atomic mass is 35.5. The fourth-order valence-corrected chi connectivity index (χ4v) is 9.23. The molecule has 2 heterocycles. The molecule has 2 aliphatic heterocycles. The summed E-state index contributed by atoms with van der Waals surface area (Å²) in [5, 5.41) is 12.0. The smallest absolute Gasteiger partial charge is 0.304 e. The number of aryl methyl sites for hydroxylation is 1. The first-order valence-corrected chi connectivity index (χ1v) is 18.5. The van der Waals surface area contributed by atoms with Gasteiger partial charge in [0.25, 0.3) is 5.91 Å². The van der Waals surface area contributed by atoms with E-state index in [2.05, 4.69) is 21.8 Å². The van der Waals surface area contributed by atoms with Crippen LogP contribution < -0.4 is 14.4 Å². The number of nitrogens with one attached hydrogen (secondary N) is 1. The molecule has 0 aromatic heterocycles. The third-order valence-electron chi connectivity index (χ3n) is 10.4. The average molecular weight is 688 g/mol. The van der Waals surface area contributed by atoms with E-state index in [4.69, 9.17) is 25.8 Å². The number of carbonyl (C=O) groups is 1. The fraction of sp³-hybridized carbons (Fsp3) is 0.571. The summed E-state index contributed by atoms with van der Waals surface area (Å²) in [6.45, 7) is 4.53. The van der Waals surface area contributed by atoms with Crippen LogP contribution in [-0.2, 0) is 31.5 Å². The minimum atomic E-state index is -4.24. The van der Waals surface area contributed by atoms with Crippen LogP contribution in [0.2, 0.25) is 5.02 Å². The molecule has 5 atom stereocenters. The molecular formula is C35H46ClN3O7S. The lowest BCUT2D eigenvalue weighted by Crippen LogP contribution is -2.50. The number of ether oxygens (including phenoxy) is 3. The molecule has 1 spiro atoms. The second-order valence-corrected chi connectivity index (χ2v) is 15.5. The maximum atomic E-state index is 13.7. The van der Waals surface area contributed by atoms with Crippen molar-refractivity contribution in [3.63, 3.8) is 0 Å². The Balaban J connectivity index is 1.35. The van der Waals surface area contributed by atoms with Crippen LogP contribution in [0.4, 0.5) is 5.69 Å². The summed E-state index contributed by atoms with van der Waals surface area (Å²) in [6.07, 6.45) is 8.21. The van der Waals surface area contributed by atoms with Crippen molar-refractivity contribution in [3.8, 4) is 5.75 Å². The lowest BCUT2D eigenvalue weighted by molar-refractivity contribution is 0.0455. The van der Waals surface area contributed by atoms with E-state index in [9.17, 15) is 18.3 Å². The summed E-state index contributed by atoms with van der Waals surface area (Å²) in [4.78, 5) is 15.9. The summed E-state index contributed by atoms with van der Waals surface area (Å²) < 4.78 is 48.1. The van der Waals surface area contributed by atoms with Crippen molar-refractivity contribution in [3.05, 3.63) is 70.3 Å². The SMILES string of the molecule is COCCOCCN1[C@@H](C)C/C=C/[C@H](O)[C@@H]2CC[C@H]2CN2C[C@@]3(CCCc4cc(Cl)ccc43)COc3ccc(cc32)C(=O)NS1(=O)=O. The van der Waals surface area contributed by atoms with Crippen LogP contribution in [0.25, 0.3) is 0 Å². The van der Waals surface area contributed by atoms with Gasteiger partial charge in [0.1, 0.15) is 5.75 Å². The molecule has 1 fully saturated rings. The largest absolute Gasteiger partial charge is 0.490 e. The molecule has 0 radical (unpaired) electrons. The van der Waals surface area contributed by atoms with Crippen molar-refractivity contribution in [2.45, 2.75) is 63.0 Å². The number of nitrogens with zero attached hydrogens (tertiary/aromatic N) is 2. The first kappa shape index (κ1) is 34.2. The molecule has 0 unspecified atom stereocenters. The molecule has 1 saturated carbocycles. The van der Waals surface area contributed by atoms with Crippen molar-refractivity contribution >= 4 is 33.4 Å². The number of benzene rings is 2. The molecule has 256 valence electrons. The lowest BCUT2D eigenvalue weighted by atomic mass is 9.68. The van der Waals surface area contributed by atoms with Gasteiger partial charge >= 0.3 is 10.2 Å². The Morgan fingerprint density at radius 1 is 1.15 bits per heavy atom. The maximum absolute atomic E-state index is 13.7. The molecule has 10 nitrogen and oxygen atoms in total. The average Bonchev–Trinajstić information content (AvgIpc) is 3.17. The van der Waals surface area contributed by atoms with Crippen molar-refractivity contribution in [1.82, 2.24) is 9.03 Å². The molecule has 6 rings (SSSR count). The zero-order chi connectivity index (χ0) is 33.2. The minimum absolute atomic E-state index is 0.0508. The van der Waals surface area contributed by atoms with Gasteiger partial charge in [-0.2, -0.15) is 12.7 Å². The summed E-state index contributed by atoms with van der Waals surface area (Å²) in [5.74, 6) is 0.274. The van der Waals surface area contributed by atoms with Crippen LogP contribution >= 0.6 is 11.6 Å². The van der Waals surface area contributed by atoms with Gasteiger partial charge in [-0.25, -0.2) is 4.72 Å². The summed E-state index contributed by atoms with van der Waals surface area (Å²) in [5.41, 5.74) is 3.18. The number of halogens is 1. The van der Waals surface area contributed by atoms with E-state index in [1.54, 1.807) is 38.3 Å². The van der Waals surface area contributed by atoms with Crippen LogP contribution in [0.5, 0.6) is 5.75 Å². The Bertz CT molecular complexity index is 1590. The molecule has 2 N–H and O–H groups in total. The number of hydrogen-bond donors (Lipinski definition) is 2. The number of aliphatic hydroxyl groups excluding tert-OH is 1. The van der Waals surface area contributed by atoms with Gasteiger partial charge in [-0.1, -0.05) is 29.8 Å². The summed E-state index contributed by atoms with van der Waals surface area (Å²) in [6, 6.07) is 10.8. The van der Waals surface area contributed by atoms with Crippen LogP contribution in [-0.4, -0.2) is 89.1 Å². The Labute approximate surface area is 283 Å². The highest BCUT2D eigenvalue weighted by Gasteiger charge is 2.44. The van der Waals surface area contributed by atoms with E-state index >= 15 is 0 Å². The topological polar surface area (TPSA) is 118 Å². The van der Waals surface area contributed by atoms with Gasteiger partial charge in [0.15, 0.2) is 0 Å². The van der Waals surface area contributed by atoms with Gasteiger partial charge < -0.3 is 24.2 Å². The number of methoxy groups -OCH3 is 1. The number of rotatable bonds is 6. The van der Waals surface area contributed by atoms with Gasteiger partial charge in [-0.05, 0) is 98.7 Å². The monoisotopic (exact) mass is 687 g/mol. The van der Waals surface area contributed by atoms with Crippen LogP contribution in [0.1, 0.15) is 60.5 Å². The number of aliphatic hydroxyl groups is 1. The van der Waals surface area contributed by atoms with E-state index in [-0.39, 0.29) is 36.0 Å². The second kappa shape index (κ2) is 14.4. The van der Waals surface area contributed by atoms with Crippen LogP contribution in [0, 0.1) is 11.8 Å². The molecule has 2 aliphatic carbocycles. The maximum Gasteiger partial charge on any atom is 0.304 e. The van der Waals surface area contributed by atoms with Crippen LogP contribution in [0.3, 0.4) is 0 Å². The fourth-order valence-electron chi connectivity index (χ4n) is 7.70. The Morgan fingerprint density at radius 3 is 2.79 bits per heavy atom. The molecular weight excluding hydrogens is 642 g/mol. The zero-order valence-corrected chi connectivity index (χ0v) is 28.8. The van der Waals surface area contributed by atoms with E-state index in [0.717, 1.165) is 42.8 Å². The van der Waals surface area contributed by atoms with Crippen LogP contribution in [0.15, 0.2) is 48.6 Å². The van der Waals surface area contributed by atoms with Gasteiger partial charge in [0.2, 0.25) is 0 Å². The zero-order valence-electron chi connectivity index (χ0n) is 27.2. The van der Waals surface area contributed by atoms with Crippen molar-refractivity contribution in [2.24, 2.45) is 11.8 Å². The van der Waals surface area contributed by atoms with Gasteiger partial charge in [-0.15, -0.1) is 0 Å². The predicted molar refractivity (Wildman–Crippen MR) is 181 cm³/mol. The first-order valence-electron chi connectivity index (χ1n) is 16.7. The standard InChI is InChI=1S/C35H46ClN3O7S/c1-24-5-3-7-32(40)29-11-8-27(29)21-38-22-35(14-4-6-25-19-28(36)10-12-30(25)35)23-46-33-13-9-26(20-31(33)38)34(41)37-47(42,43)39(24)15-16-45-18-17-44-2/h3,7,9-10,12-13,19-20,24,27,29,32,40H,4-6,8,11,14-18,21-23H2,1-2H3,(H,37,41)/b7-3+/t24-,27-,29+,32-,35-/m0/s1. The number of hydrogen-bond acceptors (Lipinski definition) is 8. The Morgan fingerprint density at radius 2 is 2.00 bits per heavy atom. The number of fused-ring (bicyclic) bond motifs is 4. The van der Waals surface area contributed by atoms with Gasteiger partial charge in [0.05, 0.1) is 38.2 Å². The number of amides is 1. The second-order valence-electron chi connectivity index (χ2n) is 13.4. The predicted octanol–water partition coefficient (Wildman–Crippen LogP) is 4.49. The minimum Gasteiger partial charge on any atom is -0.490 e. The van der Waals surface area contributed by atoms with Crippen molar-refractivity contribution in [2.75, 3.05) is 58.1 Å². The summed E-state index contributed by atoms with van der Waals surface area (Å²) in [7, 11) is -2.67. The molecule has 4 aliphatic rings. The quantitative estimate of drug-likeness (QED) is 0.337. The number of carbonyl (C=O) groups excluding carboxylic acids is 1. The first-order chi connectivity index (χ1) is 22.6. The van der Waals surface area contributed by atoms with Crippen molar-refractivity contribution in [1.29, 1.82) is 0 Å². The molecule has 2 bridgehead atoms. The lowest BCUT2D eigenvalue weighted by Gasteiger charge is -2.45. The molecule has 2 aromatic rings. The van der Waals surface area contributed by atoms with E-state index in [1.165, 1.54) is 15.4 Å². The number of anilines is 1. The van der Waals surface area contributed by atoms with E-state index < -0.39 is 28.3 Å². The van der Waals surface area contributed by atoms with E-state index in [1.807, 2.05) is 12.1 Å². The highest BCUT2D eigenvalue weighted by molar-refractivity contribution is 7.87. The third-order valence-corrected chi connectivity index (χ3v) is 12.2. The molecule has 2 aromatic carbocycles.